The van der Waals surface area contributed by atoms with Crippen molar-refractivity contribution in [2.45, 2.75) is 0 Å². The molecule has 122 valence electrons. The van der Waals surface area contributed by atoms with Crippen molar-refractivity contribution in [2.24, 2.45) is 0 Å². The van der Waals surface area contributed by atoms with Crippen molar-refractivity contribution < 1.29 is 9.59 Å². The summed E-state index contributed by atoms with van der Waals surface area (Å²) in [5, 5.41) is 5.74. The van der Waals surface area contributed by atoms with Gasteiger partial charge in [0.1, 0.15) is 0 Å². The highest BCUT2D eigenvalue weighted by molar-refractivity contribution is 6.00. The van der Waals surface area contributed by atoms with Crippen molar-refractivity contribution in [3.05, 3.63) is 67.8 Å². The Kier molecular flexibility index (Phi) is 7.92. The number of rotatable bonds is 10. The number of anilines is 1. The van der Waals surface area contributed by atoms with Crippen LogP contribution in [-0.4, -0.2) is 42.9 Å². The Balaban J connectivity index is 2.75. The van der Waals surface area contributed by atoms with Crippen LogP contribution in [0.4, 0.5) is 5.69 Å². The summed E-state index contributed by atoms with van der Waals surface area (Å²) in [6.07, 6.45) is 4.94. The molecule has 2 amide bonds. The molecule has 0 saturated carbocycles. The molecule has 5 heteroatoms. The molecule has 0 bridgehead atoms. The molecule has 0 aliphatic carbocycles. The Morgan fingerprint density at radius 1 is 1.04 bits per heavy atom. The van der Waals surface area contributed by atoms with Gasteiger partial charge in [0.15, 0.2) is 0 Å². The summed E-state index contributed by atoms with van der Waals surface area (Å²) in [6.45, 7) is 12.2. The minimum atomic E-state index is -0.213. The summed E-state index contributed by atoms with van der Waals surface area (Å²) < 4.78 is 0. The molecule has 0 radical (unpaired) electrons. The molecular formula is C18H23N3O2. The van der Waals surface area contributed by atoms with E-state index in [1.54, 1.807) is 41.3 Å². The van der Waals surface area contributed by atoms with Crippen molar-refractivity contribution >= 4 is 17.5 Å². The largest absolute Gasteiger partial charge is 0.376 e. The van der Waals surface area contributed by atoms with E-state index >= 15 is 0 Å². The van der Waals surface area contributed by atoms with Crippen LogP contribution in [-0.2, 0) is 4.79 Å². The van der Waals surface area contributed by atoms with Crippen LogP contribution in [0.25, 0.3) is 0 Å². The van der Waals surface area contributed by atoms with Gasteiger partial charge in [-0.1, -0.05) is 30.4 Å². The lowest BCUT2D eigenvalue weighted by molar-refractivity contribution is -0.128. The van der Waals surface area contributed by atoms with Gasteiger partial charge in [-0.05, 0) is 12.1 Å². The molecule has 5 nitrogen and oxygen atoms in total. The first-order valence-electron chi connectivity index (χ1n) is 7.35. The van der Waals surface area contributed by atoms with Crippen molar-refractivity contribution in [1.29, 1.82) is 0 Å². The molecule has 0 atom stereocenters. The van der Waals surface area contributed by atoms with Crippen LogP contribution in [0.15, 0.2) is 62.2 Å². The van der Waals surface area contributed by atoms with Gasteiger partial charge in [0.25, 0.3) is 5.91 Å². The number of hydrogen-bond donors (Lipinski definition) is 2. The molecule has 0 heterocycles. The second-order valence-corrected chi connectivity index (χ2v) is 4.77. The number of nitrogens with zero attached hydrogens (tertiary/aromatic N) is 1. The highest BCUT2D eigenvalue weighted by Gasteiger charge is 2.13. The van der Waals surface area contributed by atoms with Gasteiger partial charge in [-0.15, -0.1) is 19.7 Å². The molecule has 0 fully saturated rings. The number of carbonyl (C=O) groups excluding carboxylic acids is 2. The predicted molar refractivity (Wildman–Crippen MR) is 94.4 cm³/mol. The van der Waals surface area contributed by atoms with Crippen LogP contribution in [0.1, 0.15) is 10.4 Å². The molecule has 23 heavy (non-hydrogen) atoms. The molecule has 2 N–H and O–H groups in total. The van der Waals surface area contributed by atoms with E-state index in [4.69, 9.17) is 0 Å². The zero-order chi connectivity index (χ0) is 17.1. The molecule has 1 aromatic rings. The summed E-state index contributed by atoms with van der Waals surface area (Å²) in [4.78, 5) is 25.9. The lowest BCUT2D eigenvalue weighted by Crippen LogP contribution is -2.36. The van der Waals surface area contributed by atoms with Gasteiger partial charge < -0.3 is 15.5 Å². The Bertz CT molecular complexity index is 571. The first-order valence-corrected chi connectivity index (χ1v) is 7.35. The summed E-state index contributed by atoms with van der Waals surface area (Å²) in [5.74, 6) is -0.305. The molecule has 0 spiro atoms. The average Bonchev–Trinajstić information content (AvgIpc) is 2.57. The maximum atomic E-state index is 12.2. The van der Waals surface area contributed by atoms with E-state index in [9.17, 15) is 9.59 Å². The van der Waals surface area contributed by atoms with Crippen LogP contribution in [0.3, 0.4) is 0 Å². The number of hydrogen-bond acceptors (Lipinski definition) is 3. The van der Waals surface area contributed by atoms with Crippen LogP contribution in [0, 0.1) is 0 Å². The fourth-order valence-electron chi connectivity index (χ4n) is 1.97. The third-order valence-corrected chi connectivity index (χ3v) is 3.06. The molecule has 0 unspecified atom stereocenters. The van der Waals surface area contributed by atoms with E-state index in [0.29, 0.717) is 30.9 Å². The monoisotopic (exact) mass is 313 g/mol. The van der Waals surface area contributed by atoms with Crippen LogP contribution in [0.2, 0.25) is 0 Å². The Hall–Kier alpha value is -2.82. The van der Waals surface area contributed by atoms with E-state index in [2.05, 4.69) is 30.4 Å². The SMILES string of the molecule is C=CCNC(=O)c1ccccc1NCC(=O)N(CC=C)CC=C. The first kappa shape index (κ1) is 18.2. The first-order chi connectivity index (χ1) is 11.1. The van der Waals surface area contributed by atoms with E-state index < -0.39 is 0 Å². The van der Waals surface area contributed by atoms with E-state index in [-0.39, 0.29) is 18.4 Å². The predicted octanol–water partition coefficient (Wildman–Crippen LogP) is 2.21. The number of benzene rings is 1. The molecule has 0 aromatic heterocycles. The van der Waals surface area contributed by atoms with Gasteiger partial charge in [0.2, 0.25) is 5.91 Å². The Morgan fingerprint density at radius 3 is 2.30 bits per heavy atom. The van der Waals surface area contributed by atoms with Crippen LogP contribution in [0.5, 0.6) is 0 Å². The maximum Gasteiger partial charge on any atom is 0.253 e. The van der Waals surface area contributed by atoms with Crippen molar-refractivity contribution in [2.75, 3.05) is 31.5 Å². The molecular weight excluding hydrogens is 290 g/mol. The van der Waals surface area contributed by atoms with Gasteiger partial charge in [-0.2, -0.15) is 0 Å². The van der Waals surface area contributed by atoms with E-state index in [1.165, 1.54) is 0 Å². The van der Waals surface area contributed by atoms with Crippen LogP contribution < -0.4 is 10.6 Å². The number of para-hydroxylation sites is 1. The van der Waals surface area contributed by atoms with Crippen LogP contribution >= 0.6 is 0 Å². The number of amides is 2. The molecule has 0 aliphatic heterocycles. The third-order valence-electron chi connectivity index (χ3n) is 3.06. The summed E-state index contributed by atoms with van der Waals surface area (Å²) in [5.41, 5.74) is 1.10. The molecule has 1 rings (SSSR count). The van der Waals surface area contributed by atoms with Gasteiger partial charge in [-0.25, -0.2) is 0 Å². The second kappa shape index (κ2) is 10.00. The average molecular weight is 313 g/mol. The minimum absolute atomic E-state index is 0.0907. The van der Waals surface area contributed by atoms with Gasteiger partial charge in [0, 0.05) is 25.3 Å². The summed E-state index contributed by atoms with van der Waals surface area (Å²) in [6, 6.07) is 7.05. The fraction of sp³-hybridized carbons (Fsp3) is 0.222. The summed E-state index contributed by atoms with van der Waals surface area (Å²) in [7, 11) is 0. The maximum absolute atomic E-state index is 12.2. The van der Waals surface area contributed by atoms with Crippen molar-refractivity contribution in [3.63, 3.8) is 0 Å². The molecule has 0 saturated heterocycles. The number of nitrogens with one attached hydrogen (secondary N) is 2. The third kappa shape index (κ3) is 5.82. The quantitative estimate of drug-likeness (QED) is 0.651. The fourth-order valence-corrected chi connectivity index (χ4v) is 1.97. The molecule has 1 aromatic carbocycles. The van der Waals surface area contributed by atoms with Gasteiger partial charge in [-0.3, -0.25) is 9.59 Å². The minimum Gasteiger partial charge on any atom is -0.376 e. The smallest absolute Gasteiger partial charge is 0.253 e. The zero-order valence-corrected chi connectivity index (χ0v) is 13.3. The number of carbonyl (C=O) groups is 2. The lowest BCUT2D eigenvalue weighted by Gasteiger charge is -2.20. The van der Waals surface area contributed by atoms with Gasteiger partial charge in [0.05, 0.1) is 12.1 Å². The van der Waals surface area contributed by atoms with E-state index in [1.807, 2.05) is 6.07 Å². The highest BCUT2D eigenvalue weighted by atomic mass is 16.2. The topological polar surface area (TPSA) is 61.4 Å². The van der Waals surface area contributed by atoms with Crippen molar-refractivity contribution in [1.82, 2.24) is 10.2 Å². The lowest BCUT2D eigenvalue weighted by atomic mass is 10.1. The standard InChI is InChI=1S/C18H23N3O2/c1-4-11-19-18(23)15-9-7-8-10-16(15)20-14-17(22)21(12-5-2)13-6-3/h4-10,20H,1-3,11-14H2,(H,19,23). The Morgan fingerprint density at radius 2 is 1.70 bits per heavy atom. The zero-order valence-electron chi connectivity index (χ0n) is 13.3. The highest BCUT2D eigenvalue weighted by Crippen LogP contribution is 2.14. The normalized spacial score (nSPS) is 9.57. The van der Waals surface area contributed by atoms with Crippen molar-refractivity contribution in [3.8, 4) is 0 Å². The Labute approximate surface area is 137 Å². The van der Waals surface area contributed by atoms with E-state index in [0.717, 1.165) is 0 Å². The van der Waals surface area contributed by atoms with Gasteiger partial charge >= 0.3 is 0 Å². The second-order valence-electron chi connectivity index (χ2n) is 4.77. The molecule has 0 aliphatic rings. The summed E-state index contributed by atoms with van der Waals surface area (Å²) >= 11 is 0.